The Morgan fingerprint density at radius 2 is 1.71 bits per heavy atom. The minimum atomic E-state index is -0.225. The van der Waals surface area contributed by atoms with Crippen LogP contribution in [0, 0.1) is 29.1 Å². The Kier molecular flexibility index (Phi) is 3.04. The van der Waals surface area contributed by atoms with Crippen LogP contribution in [0.25, 0.3) is 10.8 Å². The van der Waals surface area contributed by atoms with Crippen molar-refractivity contribution in [2.45, 2.75) is 12.8 Å². The summed E-state index contributed by atoms with van der Waals surface area (Å²) in [5.74, 6) is 0.355. The SMILES string of the molecule is COc1ccc2ccccc2c1C=NN1C(=O)C2C(C1=O)C1C=CC2C12CC2. The van der Waals surface area contributed by atoms with Gasteiger partial charge in [-0.15, -0.1) is 0 Å². The van der Waals surface area contributed by atoms with E-state index in [9.17, 15) is 9.59 Å². The summed E-state index contributed by atoms with van der Waals surface area (Å²) in [6.45, 7) is 0. The molecule has 0 radical (unpaired) electrons. The van der Waals surface area contributed by atoms with E-state index >= 15 is 0 Å². The number of ether oxygens (including phenoxy) is 1. The zero-order valence-corrected chi connectivity index (χ0v) is 15.5. The number of hydrogen-bond acceptors (Lipinski definition) is 4. The smallest absolute Gasteiger partial charge is 0.254 e. The van der Waals surface area contributed by atoms with Crippen molar-refractivity contribution < 1.29 is 14.3 Å². The Balaban J connectivity index is 1.37. The molecule has 140 valence electrons. The molecule has 2 aromatic carbocycles. The molecular formula is C23H20N2O3. The second-order valence-electron chi connectivity index (χ2n) is 8.36. The number of fused-ring (bicyclic) bond motifs is 4. The van der Waals surface area contributed by atoms with E-state index in [0.717, 1.165) is 34.2 Å². The van der Waals surface area contributed by atoms with Gasteiger partial charge in [0.25, 0.3) is 11.8 Å². The maximum absolute atomic E-state index is 13.1. The summed E-state index contributed by atoms with van der Waals surface area (Å²) >= 11 is 0. The van der Waals surface area contributed by atoms with Crippen LogP contribution in [0.3, 0.4) is 0 Å². The molecule has 2 saturated carbocycles. The van der Waals surface area contributed by atoms with E-state index in [4.69, 9.17) is 4.74 Å². The highest BCUT2D eigenvalue weighted by Crippen LogP contribution is 2.73. The number of carbonyl (C=O) groups is 2. The van der Waals surface area contributed by atoms with Crippen molar-refractivity contribution in [3.63, 3.8) is 0 Å². The highest BCUT2D eigenvalue weighted by atomic mass is 16.5. The molecule has 2 amide bonds. The molecule has 3 fully saturated rings. The monoisotopic (exact) mass is 372 g/mol. The lowest BCUT2D eigenvalue weighted by Crippen LogP contribution is -2.30. The van der Waals surface area contributed by atoms with E-state index in [1.54, 1.807) is 13.3 Å². The lowest BCUT2D eigenvalue weighted by atomic mass is 9.85. The fraction of sp³-hybridized carbons (Fsp3) is 0.348. The van der Waals surface area contributed by atoms with E-state index in [1.807, 2.05) is 36.4 Å². The third-order valence-electron chi connectivity index (χ3n) is 7.28. The number of allylic oxidation sites excluding steroid dienone is 2. The molecule has 4 atom stereocenters. The second-order valence-corrected chi connectivity index (χ2v) is 8.36. The van der Waals surface area contributed by atoms with E-state index in [1.165, 1.54) is 0 Å². The molecule has 4 unspecified atom stereocenters. The fourth-order valence-corrected chi connectivity index (χ4v) is 5.88. The first-order valence-corrected chi connectivity index (χ1v) is 9.81. The third kappa shape index (κ3) is 1.84. The number of methoxy groups -OCH3 is 1. The van der Waals surface area contributed by atoms with Crippen molar-refractivity contribution in [1.82, 2.24) is 5.01 Å². The minimum Gasteiger partial charge on any atom is -0.496 e. The quantitative estimate of drug-likeness (QED) is 0.471. The van der Waals surface area contributed by atoms with Gasteiger partial charge in [0.1, 0.15) is 5.75 Å². The maximum Gasteiger partial charge on any atom is 0.254 e. The molecular weight excluding hydrogens is 352 g/mol. The maximum atomic E-state index is 13.1. The molecule has 1 aliphatic heterocycles. The van der Waals surface area contributed by atoms with Gasteiger partial charge in [0.15, 0.2) is 0 Å². The average Bonchev–Trinajstić information content (AvgIpc) is 3.32. The van der Waals surface area contributed by atoms with Crippen LogP contribution in [0.4, 0.5) is 0 Å². The number of nitrogens with zero attached hydrogens (tertiary/aromatic N) is 2. The summed E-state index contributed by atoms with van der Waals surface area (Å²) in [4.78, 5) is 26.1. The topological polar surface area (TPSA) is 59.0 Å². The summed E-state index contributed by atoms with van der Waals surface area (Å²) in [5.41, 5.74) is 0.980. The van der Waals surface area contributed by atoms with Crippen LogP contribution in [0.1, 0.15) is 18.4 Å². The number of amides is 2. The van der Waals surface area contributed by atoms with Gasteiger partial charge in [-0.1, -0.05) is 42.5 Å². The number of imide groups is 1. The van der Waals surface area contributed by atoms with Gasteiger partial charge in [0.05, 0.1) is 25.2 Å². The lowest BCUT2D eigenvalue weighted by molar-refractivity contribution is -0.141. The average molecular weight is 372 g/mol. The molecule has 5 nitrogen and oxygen atoms in total. The molecule has 1 saturated heterocycles. The molecule has 6 rings (SSSR count). The first-order chi connectivity index (χ1) is 13.7. The van der Waals surface area contributed by atoms with Crippen molar-refractivity contribution in [3.05, 3.63) is 54.1 Å². The number of hydrazone groups is 1. The predicted molar refractivity (Wildman–Crippen MR) is 105 cm³/mol. The van der Waals surface area contributed by atoms with Gasteiger partial charge in [-0.2, -0.15) is 10.1 Å². The molecule has 2 bridgehead atoms. The number of rotatable bonds is 3. The van der Waals surface area contributed by atoms with Crippen LogP contribution < -0.4 is 4.74 Å². The van der Waals surface area contributed by atoms with E-state index < -0.39 is 0 Å². The van der Waals surface area contributed by atoms with Crippen LogP contribution >= 0.6 is 0 Å². The van der Waals surface area contributed by atoms with Crippen molar-refractivity contribution in [2.24, 2.45) is 34.2 Å². The standard InChI is InChI=1S/C23H20N2O3/c1-28-18-9-6-13-4-2-3-5-14(13)15(18)12-24-25-21(26)19-16-7-8-17(20(19)22(25)27)23(16)10-11-23/h2-9,12,16-17,19-20H,10-11H2,1H3. The van der Waals surface area contributed by atoms with E-state index in [0.29, 0.717) is 5.75 Å². The summed E-state index contributed by atoms with van der Waals surface area (Å²) in [6, 6.07) is 11.8. The molecule has 5 heteroatoms. The molecule has 28 heavy (non-hydrogen) atoms. The van der Waals surface area contributed by atoms with Crippen molar-refractivity contribution in [2.75, 3.05) is 7.11 Å². The van der Waals surface area contributed by atoms with Gasteiger partial charge in [-0.3, -0.25) is 9.59 Å². The normalized spacial score (nSPS) is 31.5. The summed E-state index contributed by atoms with van der Waals surface area (Å²) in [7, 11) is 1.61. The first kappa shape index (κ1) is 16.0. The van der Waals surface area contributed by atoms with Crippen LogP contribution in [-0.4, -0.2) is 30.1 Å². The van der Waals surface area contributed by atoms with E-state index in [2.05, 4.69) is 17.3 Å². The summed E-state index contributed by atoms with van der Waals surface area (Å²) in [5, 5.41) is 7.50. The van der Waals surface area contributed by atoms with Gasteiger partial charge in [-0.05, 0) is 46.9 Å². The zero-order chi connectivity index (χ0) is 19.0. The fourth-order valence-electron chi connectivity index (χ4n) is 5.88. The van der Waals surface area contributed by atoms with Crippen LogP contribution in [0.2, 0.25) is 0 Å². The number of benzene rings is 2. The van der Waals surface area contributed by atoms with Crippen LogP contribution in [-0.2, 0) is 9.59 Å². The molecule has 0 N–H and O–H groups in total. The Bertz CT molecular complexity index is 1060. The minimum absolute atomic E-state index is 0.145. The molecule has 0 aromatic heterocycles. The molecule has 4 aliphatic rings. The van der Waals surface area contributed by atoms with Crippen molar-refractivity contribution in [3.8, 4) is 5.75 Å². The van der Waals surface area contributed by atoms with E-state index in [-0.39, 0.29) is 40.9 Å². The number of carbonyl (C=O) groups excluding carboxylic acids is 2. The predicted octanol–water partition coefficient (Wildman–Crippen LogP) is 3.38. The van der Waals surface area contributed by atoms with Crippen molar-refractivity contribution >= 4 is 28.8 Å². The Morgan fingerprint density at radius 1 is 1.04 bits per heavy atom. The summed E-state index contributed by atoms with van der Waals surface area (Å²) in [6.07, 6.45) is 8.22. The van der Waals surface area contributed by atoms with Gasteiger partial charge in [-0.25, -0.2) is 0 Å². The first-order valence-electron chi connectivity index (χ1n) is 9.81. The third-order valence-corrected chi connectivity index (χ3v) is 7.28. The van der Waals surface area contributed by atoms with Gasteiger partial charge >= 0.3 is 0 Å². The molecule has 2 aromatic rings. The van der Waals surface area contributed by atoms with Crippen molar-refractivity contribution in [1.29, 1.82) is 0 Å². The Labute approximate surface area is 162 Å². The lowest BCUT2D eigenvalue weighted by Gasteiger charge is -2.18. The highest BCUT2D eigenvalue weighted by molar-refractivity contribution is 6.08. The highest BCUT2D eigenvalue weighted by Gasteiger charge is 2.73. The Hall–Kier alpha value is -2.95. The van der Waals surface area contributed by atoms with Gasteiger partial charge in [0.2, 0.25) is 0 Å². The van der Waals surface area contributed by atoms with Gasteiger partial charge in [0, 0.05) is 5.56 Å². The summed E-state index contributed by atoms with van der Waals surface area (Å²) < 4.78 is 5.49. The van der Waals surface area contributed by atoms with Gasteiger partial charge < -0.3 is 4.74 Å². The zero-order valence-electron chi connectivity index (χ0n) is 15.5. The number of hydrogen-bond donors (Lipinski definition) is 0. The second kappa shape index (κ2) is 5.31. The Morgan fingerprint density at radius 3 is 2.36 bits per heavy atom. The molecule has 1 spiro atoms. The van der Waals surface area contributed by atoms with Crippen LogP contribution in [0.15, 0.2) is 53.7 Å². The van der Waals surface area contributed by atoms with Crippen LogP contribution in [0.5, 0.6) is 5.75 Å². The molecule has 3 aliphatic carbocycles. The largest absolute Gasteiger partial charge is 0.496 e. The molecule has 1 heterocycles.